The normalized spacial score (nSPS) is 10.1. The molecule has 0 atom stereocenters. The molecule has 2 rings (SSSR count). The molecule has 0 bridgehead atoms. The van der Waals surface area contributed by atoms with E-state index in [4.69, 9.17) is 9.84 Å². The van der Waals surface area contributed by atoms with E-state index in [-0.39, 0.29) is 11.3 Å². The van der Waals surface area contributed by atoms with Crippen molar-refractivity contribution in [3.63, 3.8) is 0 Å². The SMILES string of the molecule is Cc1cccc(F)c1Oc1ccc(C(=O)O)cc1. The molecule has 0 aliphatic heterocycles. The number of rotatable bonds is 3. The first-order chi connectivity index (χ1) is 8.58. The van der Waals surface area contributed by atoms with Crippen LogP contribution in [0.15, 0.2) is 42.5 Å². The van der Waals surface area contributed by atoms with Gasteiger partial charge >= 0.3 is 5.97 Å². The molecule has 0 aliphatic rings. The summed E-state index contributed by atoms with van der Waals surface area (Å²) in [5, 5.41) is 8.75. The Morgan fingerprint density at radius 3 is 2.39 bits per heavy atom. The number of hydrogen-bond donors (Lipinski definition) is 1. The minimum atomic E-state index is -1.01. The molecular formula is C14H11FO3. The topological polar surface area (TPSA) is 46.5 Å². The average Bonchev–Trinajstić information content (AvgIpc) is 2.34. The van der Waals surface area contributed by atoms with E-state index in [1.165, 1.54) is 30.3 Å². The van der Waals surface area contributed by atoms with Gasteiger partial charge in [0.2, 0.25) is 0 Å². The minimum absolute atomic E-state index is 0.153. The molecule has 0 saturated carbocycles. The zero-order valence-corrected chi connectivity index (χ0v) is 9.68. The molecule has 0 unspecified atom stereocenters. The molecule has 0 spiro atoms. The van der Waals surface area contributed by atoms with Crippen molar-refractivity contribution in [1.29, 1.82) is 0 Å². The molecule has 0 radical (unpaired) electrons. The van der Waals surface area contributed by atoms with Crippen LogP contribution in [-0.4, -0.2) is 11.1 Å². The summed E-state index contributed by atoms with van der Waals surface area (Å²) in [7, 11) is 0. The van der Waals surface area contributed by atoms with Crippen LogP contribution in [0.4, 0.5) is 4.39 Å². The van der Waals surface area contributed by atoms with Crippen LogP contribution in [0.1, 0.15) is 15.9 Å². The van der Waals surface area contributed by atoms with Gasteiger partial charge in [-0.2, -0.15) is 0 Å². The van der Waals surface area contributed by atoms with Gasteiger partial charge in [-0.15, -0.1) is 0 Å². The zero-order valence-electron chi connectivity index (χ0n) is 9.68. The maximum Gasteiger partial charge on any atom is 0.335 e. The number of benzene rings is 2. The first kappa shape index (κ1) is 12.1. The summed E-state index contributed by atoms with van der Waals surface area (Å²) in [6, 6.07) is 10.5. The van der Waals surface area contributed by atoms with Crippen LogP contribution in [0.5, 0.6) is 11.5 Å². The molecule has 18 heavy (non-hydrogen) atoms. The molecule has 92 valence electrons. The van der Waals surface area contributed by atoms with Crippen molar-refractivity contribution in [1.82, 2.24) is 0 Å². The first-order valence-corrected chi connectivity index (χ1v) is 5.34. The number of aryl methyl sites for hydroxylation is 1. The van der Waals surface area contributed by atoms with Crippen molar-refractivity contribution in [2.45, 2.75) is 6.92 Å². The molecule has 2 aromatic carbocycles. The number of para-hydroxylation sites is 1. The van der Waals surface area contributed by atoms with E-state index in [0.717, 1.165) is 0 Å². The average molecular weight is 246 g/mol. The van der Waals surface area contributed by atoms with E-state index in [0.29, 0.717) is 11.3 Å². The van der Waals surface area contributed by atoms with Crippen molar-refractivity contribution in [3.05, 3.63) is 59.4 Å². The lowest BCUT2D eigenvalue weighted by atomic mass is 10.2. The van der Waals surface area contributed by atoms with Crippen LogP contribution >= 0.6 is 0 Å². The Labute approximate surface area is 103 Å². The van der Waals surface area contributed by atoms with Crippen molar-refractivity contribution >= 4 is 5.97 Å². The Hall–Kier alpha value is -2.36. The lowest BCUT2D eigenvalue weighted by Crippen LogP contribution is -1.96. The van der Waals surface area contributed by atoms with E-state index in [1.54, 1.807) is 19.1 Å². The van der Waals surface area contributed by atoms with Gasteiger partial charge in [-0.1, -0.05) is 12.1 Å². The number of hydrogen-bond acceptors (Lipinski definition) is 2. The fourth-order valence-electron chi connectivity index (χ4n) is 1.53. The molecule has 4 heteroatoms. The van der Waals surface area contributed by atoms with Gasteiger partial charge in [-0.05, 0) is 42.8 Å². The van der Waals surface area contributed by atoms with Crippen LogP contribution in [0, 0.1) is 12.7 Å². The summed E-state index contributed by atoms with van der Waals surface area (Å²) in [5.41, 5.74) is 0.838. The molecule has 0 amide bonds. The monoisotopic (exact) mass is 246 g/mol. The highest BCUT2D eigenvalue weighted by molar-refractivity contribution is 5.87. The van der Waals surface area contributed by atoms with Gasteiger partial charge in [0.05, 0.1) is 5.56 Å². The third-order valence-electron chi connectivity index (χ3n) is 2.49. The Bertz CT molecular complexity index is 556. The van der Waals surface area contributed by atoms with Crippen LogP contribution in [0.25, 0.3) is 0 Å². The standard InChI is InChI=1S/C14H11FO3/c1-9-3-2-4-12(15)13(9)18-11-7-5-10(6-8-11)14(16)17/h2-8H,1H3,(H,16,17). The highest BCUT2D eigenvalue weighted by Gasteiger charge is 2.08. The lowest BCUT2D eigenvalue weighted by Gasteiger charge is -2.09. The number of aromatic carboxylic acids is 1. The number of carboxylic acids is 1. The molecule has 0 saturated heterocycles. The summed E-state index contributed by atoms with van der Waals surface area (Å²) >= 11 is 0. The molecule has 0 heterocycles. The maximum atomic E-state index is 13.5. The lowest BCUT2D eigenvalue weighted by molar-refractivity contribution is 0.0697. The molecule has 2 aromatic rings. The molecule has 3 nitrogen and oxygen atoms in total. The predicted octanol–water partition coefficient (Wildman–Crippen LogP) is 3.62. The number of carboxylic acid groups (broad SMARTS) is 1. The van der Waals surface area contributed by atoms with Gasteiger partial charge in [0.15, 0.2) is 11.6 Å². The van der Waals surface area contributed by atoms with Gasteiger partial charge in [0.25, 0.3) is 0 Å². The Morgan fingerprint density at radius 2 is 1.83 bits per heavy atom. The Morgan fingerprint density at radius 1 is 1.17 bits per heavy atom. The van der Waals surface area contributed by atoms with Crippen molar-refractivity contribution < 1.29 is 19.0 Å². The van der Waals surface area contributed by atoms with Gasteiger partial charge in [0, 0.05) is 0 Å². The van der Waals surface area contributed by atoms with E-state index in [9.17, 15) is 9.18 Å². The highest BCUT2D eigenvalue weighted by Crippen LogP contribution is 2.27. The Kier molecular flexibility index (Phi) is 3.28. The van der Waals surface area contributed by atoms with Crippen LogP contribution < -0.4 is 4.74 Å². The fourth-order valence-corrected chi connectivity index (χ4v) is 1.53. The van der Waals surface area contributed by atoms with E-state index < -0.39 is 11.8 Å². The smallest absolute Gasteiger partial charge is 0.335 e. The Balaban J connectivity index is 2.26. The van der Waals surface area contributed by atoms with Crippen LogP contribution in [0.2, 0.25) is 0 Å². The van der Waals surface area contributed by atoms with Gasteiger partial charge < -0.3 is 9.84 Å². The maximum absolute atomic E-state index is 13.5. The number of ether oxygens (including phenoxy) is 1. The largest absolute Gasteiger partial charge is 0.478 e. The molecule has 0 fully saturated rings. The van der Waals surface area contributed by atoms with Crippen molar-refractivity contribution in [2.75, 3.05) is 0 Å². The quantitative estimate of drug-likeness (QED) is 0.899. The zero-order chi connectivity index (χ0) is 13.1. The minimum Gasteiger partial charge on any atom is -0.478 e. The summed E-state index contributed by atoms with van der Waals surface area (Å²) in [4.78, 5) is 10.7. The van der Waals surface area contributed by atoms with E-state index >= 15 is 0 Å². The van der Waals surface area contributed by atoms with E-state index in [1.807, 2.05) is 0 Å². The summed E-state index contributed by atoms with van der Waals surface area (Å²) < 4.78 is 18.9. The van der Waals surface area contributed by atoms with Gasteiger partial charge in [-0.3, -0.25) is 0 Å². The second-order valence-electron chi connectivity index (χ2n) is 3.82. The van der Waals surface area contributed by atoms with Crippen LogP contribution in [-0.2, 0) is 0 Å². The van der Waals surface area contributed by atoms with Gasteiger partial charge in [0.1, 0.15) is 5.75 Å². The summed E-state index contributed by atoms with van der Waals surface area (Å²) in [6.45, 7) is 1.74. The second-order valence-corrected chi connectivity index (χ2v) is 3.82. The number of halogens is 1. The molecule has 0 aliphatic carbocycles. The summed E-state index contributed by atoms with van der Waals surface area (Å²) in [6.07, 6.45) is 0. The van der Waals surface area contributed by atoms with Crippen LogP contribution in [0.3, 0.4) is 0 Å². The fraction of sp³-hybridized carbons (Fsp3) is 0.0714. The molecule has 1 N–H and O–H groups in total. The third-order valence-corrected chi connectivity index (χ3v) is 2.49. The third kappa shape index (κ3) is 2.48. The second kappa shape index (κ2) is 4.87. The number of carbonyl (C=O) groups is 1. The van der Waals surface area contributed by atoms with Gasteiger partial charge in [-0.25, -0.2) is 9.18 Å². The molecular weight excluding hydrogens is 235 g/mol. The predicted molar refractivity (Wildman–Crippen MR) is 64.6 cm³/mol. The molecule has 0 aromatic heterocycles. The highest BCUT2D eigenvalue weighted by atomic mass is 19.1. The van der Waals surface area contributed by atoms with Crippen molar-refractivity contribution in [3.8, 4) is 11.5 Å². The first-order valence-electron chi connectivity index (χ1n) is 5.34. The summed E-state index contributed by atoms with van der Waals surface area (Å²) in [5.74, 6) is -0.908. The van der Waals surface area contributed by atoms with Crippen molar-refractivity contribution in [2.24, 2.45) is 0 Å². The van der Waals surface area contributed by atoms with E-state index in [2.05, 4.69) is 0 Å².